The minimum absolute atomic E-state index is 0.836. The zero-order valence-electron chi connectivity index (χ0n) is 5.39. The summed E-state index contributed by atoms with van der Waals surface area (Å²) in [7, 11) is 0. The first-order valence-corrected chi connectivity index (χ1v) is 2.58. The van der Waals surface area contributed by atoms with Gasteiger partial charge in [-0.25, -0.2) is 0 Å². The molecule has 0 spiro atoms. The second-order valence-electron chi connectivity index (χ2n) is 1.54. The Morgan fingerprint density at radius 3 is 2.75 bits per heavy atom. The number of allylic oxidation sites excluding steroid dienone is 1. The van der Waals surface area contributed by atoms with Crippen molar-refractivity contribution >= 4 is 19.0 Å². The molecule has 2 heteroatoms. The summed E-state index contributed by atoms with van der Waals surface area (Å²) in [5, 5.41) is 0. The van der Waals surface area contributed by atoms with Gasteiger partial charge in [-0.05, 0) is 0 Å². The summed E-state index contributed by atoms with van der Waals surface area (Å²) < 4.78 is 0. The second-order valence-corrected chi connectivity index (χ2v) is 1.54. The van der Waals surface area contributed by atoms with Crippen molar-refractivity contribution in [3.05, 3.63) is 12.3 Å². The van der Waals surface area contributed by atoms with Crippen molar-refractivity contribution in [1.29, 1.82) is 0 Å². The van der Waals surface area contributed by atoms with Crippen molar-refractivity contribution in [2.75, 3.05) is 0 Å². The van der Waals surface area contributed by atoms with E-state index in [1.165, 1.54) is 0 Å². The monoisotopic (exact) mass is 107 g/mol. The fourth-order valence-electron chi connectivity index (χ4n) is 0.256. The minimum atomic E-state index is 0.836. The van der Waals surface area contributed by atoms with Crippen LogP contribution in [0.25, 0.3) is 0 Å². The van der Waals surface area contributed by atoms with Crippen molar-refractivity contribution in [1.82, 2.24) is 0 Å². The Balaban J connectivity index is 3.50. The molecule has 0 aromatic carbocycles. The van der Waals surface area contributed by atoms with Gasteiger partial charge in [0, 0.05) is 0 Å². The van der Waals surface area contributed by atoms with Gasteiger partial charge in [-0.1, -0.05) is 0 Å². The normalized spacial score (nSPS) is 10.2. The molecule has 0 fully saturated rings. The molecule has 0 aromatic heterocycles. The van der Waals surface area contributed by atoms with Crippen LogP contribution in [0.5, 0.6) is 0 Å². The zero-order valence-corrected chi connectivity index (χ0v) is 5.39. The van der Waals surface area contributed by atoms with Crippen LogP contribution in [0.2, 0.25) is 0 Å². The average Bonchev–Trinajstić information content (AvgIpc) is 1.66. The summed E-state index contributed by atoms with van der Waals surface area (Å²) in [6, 6.07) is 0. The van der Waals surface area contributed by atoms with Gasteiger partial charge in [-0.3, -0.25) is 0 Å². The standard InChI is InChI=1S/C6H10BN/c1-4-7-5-8-6(2)3/h4-5H,2H2,1,3H3. The Labute approximate surface area is 51.0 Å². The Morgan fingerprint density at radius 1 is 1.75 bits per heavy atom. The molecule has 42 valence electrons. The summed E-state index contributed by atoms with van der Waals surface area (Å²) in [5.41, 5.74) is 0.836. The molecule has 0 atom stereocenters. The summed E-state index contributed by atoms with van der Waals surface area (Å²) in [5.74, 6) is 1.92. The first-order chi connectivity index (χ1) is 3.77. The molecule has 0 rings (SSSR count). The van der Waals surface area contributed by atoms with Gasteiger partial charge >= 0.3 is 50.1 Å². The average molecular weight is 107 g/mol. The van der Waals surface area contributed by atoms with E-state index in [1.54, 1.807) is 6.11 Å². The van der Waals surface area contributed by atoms with Crippen LogP contribution in [0.1, 0.15) is 13.8 Å². The van der Waals surface area contributed by atoms with E-state index in [9.17, 15) is 0 Å². The van der Waals surface area contributed by atoms with Crippen LogP contribution in [0.15, 0.2) is 17.3 Å². The van der Waals surface area contributed by atoms with Gasteiger partial charge < -0.3 is 0 Å². The molecular weight excluding hydrogens is 96.9 g/mol. The Morgan fingerprint density at radius 2 is 2.38 bits per heavy atom. The fourth-order valence-corrected chi connectivity index (χ4v) is 0.256. The number of nitrogens with zero attached hydrogens (tertiary/aromatic N) is 1. The Kier molecular flexibility index (Phi) is 4.13. The maximum absolute atomic E-state index is 3.91. The summed E-state index contributed by atoms with van der Waals surface area (Å²) in [6.45, 7) is 9.27. The van der Waals surface area contributed by atoms with Crippen LogP contribution in [0.4, 0.5) is 0 Å². The molecule has 0 heterocycles. The van der Waals surface area contributed by atoms with Crippen molar-refractivity contribution in [2.45, 2.75) is 13.8 Å². The van der Waals surface area contributed by atoms with Crippen LogP contribution < -0.4 is 0 Å². The van der Waals surface area contributed by atoms with E-state index in [4.69, 9.17) is 0 Å². The number of hydrogen-bond donors (Lipinski definition) is 0. The molecule has 0 N–H and O–H groups in total. The molecule has 0 unspecified atom stereocenters. The molecule has 0 aliphatic heterocycles. The van der Waals surface area contributed by atoms with E-state index in [1.807, 2.05) is 26.7 Å². The summed E-state index contributed by atoms with van der Waals surface area (Å²) >= 11 is 0. The molecular formula is C6H10BN. The predicted octanol–water partition coefficient (Wildman–Crippen LogP) is 1.07. The summed E-state index contributed by atoms with van der Waals surface area (Å²) in [4.78, 5) is 3.91. The Bertz CT molecular complexity index is 124. The first-order valence-electron chi connectivity index (χ1n) is 2.58. The van der Waals surface area contributed by atoms with E-state index >= 15 is 0 Å². The molecule has 0 saturated carbocycles. The van der Waals surface area contributed by atoms with E-state index in [0.29, 0.717) is 0 Å². The zero-order chi connectivity index (χ0) is 6.41. The maximum atomic E-state index is 3.91. The topological polar surface area (TPSA) is 12.4 Å². The van der Waals surface area contributed by atoms with E-state index in [2.05, 4.69) is 11.6 Å². The van der Waals surface area contributed by atoms with Gasteiger partial charge in [0.1, 0.15) is 0 Å². The molecule has 1 nitrogen and oxygen atoms in total. The molecule has 0 saturated heterocycles. The number of hydrogen-bond acceptors (Lipinski definition) is 1. The van der Waals surface area contributed by atoms with Gasteiger partial charge in [0.05, 0.1) is 0 Å². The van der Waals surface area contributed by atoms with E-state index in [-0.39, 0.29) is 0 Å². The van der Waals surface area contributed by atoms with Crippen LogP contribution in [-0.4, -0.2) is 19.0 Å². The Hall–Kier alpha value is -0.655. The third-order valence-electron chi connectivity index (χ3n) is 0.573. The molecule has 0 radical (unpaired) electrons. The first kappa shape index (κ1) is 7.34. The van der Waals surface area contributed by atoms with Crippen LogP contribution >= 0.6 is 0 Å². The van der Waals surface area contributed by atoms with Gasteiger partial charge in [-0.2, -0.15) is 0 Å². The van der Waals surface area contributed by atoms with Crippen molar-refractivity contribution in [2.24, 2.45) is 4.99 Å². The van der Waals surface area contributed by atoms with Crippen LogP contribution in [0.3, 0.4) is 0 Å². The number of rotatable bonds is 2. The molecule has 0 aliphatic carbocycles. The third kappa shape index (κ3) is 5.34. The second kappa shape index (κ2) is 4.50. The molecule has 0 aromatic rings. The number of aliphatic imine (C=N–C) groups is 1. The summed E-state index contributed by atoms with van der Waals surface area (Å²) in [6.07, 6.45) is 1.72. The van der Waals surface area contributed by atoms with Gasteiger partial charge in [0.15, 0.2) is 0 Å². The molecule has 8 heavy (non-hydrogen) atoms. The van der Waals surface area contributed by atoms with Crippen molar-refractivity contribution < 1.29 is 0 Å². The van der Waals surface area contributed by atoms with Gasteiger partial charge in [-0.15, -0.1) is 0 Å². The van der Waals surface area contributed by atoms with Crippen molar-refractivity contribution in [3.8, 4) is 0 Å². The molecule has 0 amide bonds. The predicted molar refractivity (Wildman–Crippen MR) is 40.8 cm³/mol. The van der Waals surface area contributed by atoms with E-state index in [0.717, 1.165) is 5.70 Å². The SMILES string of the molecule is C=C(C)N=CB=CC. The third-order valence-corrected chi connectivity index (χ3v) is 0.573. The van der Waals surface area contributed by atoms with Crippen molar-refractivity contribution in [3.63, 3.8) is 0 Å². The van der Waals surface area contributed by atoms with Gasteiger partial charge in [0.2, 0.25) is 0 Å². The van der Waals surface area contributed by atoms with Crippen LogP contribution in [0, 0.1) is 0 Å². The fraction of sp³-hybridized carbons (Fsp3) is 0.333. The van der Waals surface area contributed by atoms with E-state index < -0.39 is 0 Å². The van der Waals surface area contributed by atoms with Gasteiger partial charge in [0.25, 0.3) is 0 Å². The van der Waals surface area contributed by atoms with Crippen LogP contribution in [-0.2, 0) is 0 Å². The quantitative estimate of drug-likeness (QED) is 0.369. The molecule has 0 bridgehead atoms. The molecule has 0 aliphatic rings.